The van der Waals surface area contributed by atoms with Crippen LogP contribution in [0.2, 0.25) is 0 Å². The van der Waals surface area contributed by atoms with Crippen molar-refractivity contribution in [3.63, 3.8) is 0 Å². The lowest BCUT2D eigenvalue weighted by molar-refractivity contribution is 0.600. The van der Waals surface area contributed by atoms with Crippen LogP contribution in [0.4, 0.5) is 5.69 Å². The van der Waals surface area contributed by atoms with Gasteiger partial charge in [-0.1, -0.05) is 6.07 Å². The first kappa shape index (κ1) is 21.8. The van der Waals surface area contributed by atoms with Crippen LogP contribution in [0.3, 0.4) is 0 Å². The van der Waals surface area contributed by atoms with E-state index in [0.29, 0.717) is 16.9 Å². The molecule has 0 saturated carbocycles. The van der Waals surface area contributed by atoms with Gasteiger partial charge < -0.3 is 0 Å². The van der Waals surface area contributed by atoms with Crippen molar-refractivity contribution in [2.75, 3.05) is 17.6 Å². The van der Waals surface area contributed by atoms with E-state index in [4.69, 9.17) is 0 Å². The molecule has 11 heteroatoms. The van der Waals surface area contributed by atoms with Crippen LogP contribution in [0.1, 0.15) is 5.69 Å². The van der Waals surface area contributed by atoms with Crippen molar-refractivity contribution in [3.8, 4) is 16.8 Å². The Labute approximate surface area is 195 Å². The second-order valence-electron chi connectivity index (χ2n) is 8.34. The first-order chi connectivity index (χ1) is 16.1. The Morgan fingerprint density at radius 1 is 1.03 bits per heavy atom. The molecule has 1 aromatic carbocycles. The number of sulfonamides is 1. The minimum atomic E-state index is -3.42. The molecule has 0 fully saturated rings. The summed E-state index contributed by atoms with van der Waals surface area (Å²) >= 11 is 0. The SMILES string of the molecule is Cc1nn(C)cc1-n1c(=O)n(C)c2cnc3ccc(-c4cncc(N(C)S(C)(=O)=O)c4)cc3c21. The summed E-state index contributed by atoms with van der Waals surface area (Å²) < 4.78 is 30.1. The van der Waals surface area contributed by atoms with Gasteiger partial charge in [-0.15, -0.1) is 0 Å². The van der Waals surface area contributed by atoms with Gasteiger partial charge in [0.1, 0.15) is 0 Å². The molecule has 0 aliphatic heterocycles. The maximum Gasteiger partial charge on any atom is 0.333 e. The Balaban J connectivity index is 1.79. The lowest BCUT2D eigenvalue weighted by Gasteiger charge is -2.17. The number of nitrogens with zero attached hydrogens (tertiary/aromatic N) is 7. The van der Waals surface area contributed by atoms with Crippen molar-refractivity contribution in [3.05, 3.63) is 65.2 Å². The van der Waals surface area contributed by atoms with Gasteiger partial charge in [0.2, 0.25) is 10.0 Å². The van der Waals surface area contributed by atoms with E-state index in [-0.39, 0.29) is 5.69 Å². The quantitative estimate of drug-likeness (QED) is 0.393. The molecule has 174 valence electrons. The van der Waals surface area contributed by atoms with Crippen LogP contribution in [-0.4, -0.2) is 50.6 Å². The number of fused-ring (bicyclic) bond motifs is 3. The highest BCUT2D eigenvalue weighted by Crippen LogP contribution is 2.31. The highest BCUT2D eigenvalue weighted by molar-refractivity contribution is 7.92. The van der Waals surface area contributed by atoms with E-state index in [0.717, 1.165) is 39.5 Å². The van der Waals surface area contributed by atoms with Gasteiger partial charge in [0, 0.05) is 44.5 Å². The van der Waals surface area contributed by atoms with E-state index in [1.54, 1.807) is 39.3 Å². The fraction of sp³-hybridized carbons (Fsp3) is 0.217. The van der Waals surface area contributed by atoms with Crippen LogP contribution >= 0.6 is 0 Å². The molecule has 0 amide bonds. The van der Waals surface area contributed by atoms with Gasteiger partial charge in [-0.05, 0) is 30.7 Å². The molecule has 0 unspecified atom stereocenters. The number of aromatic nitrogens is 6. The zero-order valence-corrected chi connectivity index (χ0v) is 20.2. The molecular weight excluding hydrogens is 454 g/mol. The van der Waals surface area contributed by atoms with Crippen molar-refractivity contribution in [2.24, 2.45) is 14.1 Å². The summed E-state index contributed by atoms with van der Waals surface area (Å²) in [6, 6.07) is 7.51. The van der Waals surface area contributed by atoms with E-state index in [9.17, 15) is 13.2 Å². The Morgan fingerprint density at radius 2 is 1.79 bits per heavy atom. The van der Waals surface area contributed by atoms with Crippen LogP contribution in [0.25, 0.3) is 38.8 Å². The largest absolute Gasteiger partial charge is 0.333 e. The average Bonchev–Trinajstić information content (AvgIpc) is 3.27. The normalized spacial score (nSPS) is 12.0. The van der Waals surface area contributed by atoms with Crippen molar-refractivity contribution in [1.29, 1.82) is 0 Å². The maximum atomic E-state index is 13.3. The van der Waals surface area contributed by atoms with E-state index in [1.165, 1.54) is 17.5 Å². The summed E-state index contributed by atoms with van der Waals surface area (Å²) in [5.74, 6) is 0. The molecule has 0 N–H and O–H groups in total. The average molecular weight is 478 g/mol. The first-order valence-corrected chi connectivity index (χ1v) is 12.3. The third-order valence-electron chi connectivity index (χ3n) is 6.03. The zero-order valence-electron chi connectivity index (χ0n) is 19.4. The van der Waals surface area contributed by atoms with Gasteiger partial charge in [-0.2, -0.15) is 5.10 Å². The summed E-state index contributed by atoms with van der Waals surface area (Å²) in [7, 11) is 1.60. The summed E-state index contributed by atoms with van der Waals surface area (Å²) in [5, 5.41) is 5.20. The van der Waals surface area contributed by atoms with E-state index in [1.807, 2.05) is 38.4 Å². The minimum Gasteiger partial charge on any atom is -0.293 e. The number of anilines is 1. The lowest BCUT2D eigenvalue weighted by Crippen LogP contribution is -2.24. The Hall–Kier alpha value is -3.99. The molecule has 4 heterocycles. The zero-order chi connectivity index (χ0) is 24.4. The number of pyridine rings is 2. The van der Waals surface area contributed by atoms with Crippen molar-refractivity contribution in [1.82, 2.24) is 28.9 Å². The van der Waals surface area contributed by atoms with Gasteiger partial charge in [-0.25, -0.2) is 13.2 Å². The van der Waals surface area contributed by atoms with Gasteiger partial charge in [0.05, 0.1) is 52.3 Å². The minimum absolute atomic E-state index is 0.191. The predicted molar refractivity (Wildman–Crippen MR) is 132 cm³/mol. The maximum absolute atomic E-state index is 13.3. The van der Waals surface area contributed by atoms with Crippen LogP contribution in [0, 0.1) is 6.92 Å². The van der Waals surface area contributed by atoms with Crippen LogP contribution < -0.4 is 9.99 Å². The van der Waals surface area contributed by atoms with Crippen molar-refractivity contribution in [2.45, 2.75) is 6.92 Å². The summed E-state index contributed by atoms with van der Waals surface area (Å²) in [4.78, 5) is 22.1. The Bertz CT molecular complexity index is 1760. The Morgan fingerprint density at radius 3 is 2.47 bits per heavy atom. The summed E-state index contributed by atoms with van der Waals surface area (Å²) in [5.41, 5.74) is 5.43. The van der Waals surface area contributed by atoms with Crippen molar-refractivity contribution < 1.29 is 8.42 Å². The highest BCUT2D eigenvalue weighted by Gasteiger charge is 2.19. The third-order valence-corrected chi connectivity index (χ3v) is 7.24. The molecule has 0 spiro atoms. The van der Waals surface area contributed by atoms with Gasteiger partial charge in [0.15, 0.2) is 0 Å². The molecule has 0 bridgehead atoms. The molecular formula is C23H23N7O3S. The molecule has 5 rings (SSSR count). The van der Waals surface area contributed by atoms with Gasteiger partial charge >= 0.3 is 5.69 Å². The number of aryl methyl sites for hydroxylation is 3. The molecule has 0 aliphatic rings. The second kappa shape index (κ2) is 7.52. The smallest absolute Gasteiger partial charge is 0.293 e. The van der Waals surface area contributed by atoms with E-state index >= 15 is 0 Å². The molecule has 4 aromatic heterocycles. The van der Waals surface area contributed by atoms with Crippen molar-refractivity contribution >= 4 is 37.6 Å². The fourth-order valence-electron chi connectivity index (χ4n) is 4.16. The molecule has 0 atom stereocenters. The second-order valence-corrected chi connectivity index (χ2v) is 10.4. The Kier molecular flexibility index (Phi) is 4.83. The first-order valence-electron chi connectivity index (χ1n) is 10.5. The van der Waals surface area contributed by atoms with Gasteiger partial charge in [-0.3, -0.25) is 28.1 Å². The predicted octanol–water partition coefficient (Wildman–Crippen LogP) is 2.38. The van der Waals surface area contributed by atoms with Crippen LogP contribution in [-0.2, 0) is 24.1 Å². The van der Waals surface area contributed by atoms with E-state index < -0.39 is 10.0 Å². The number of rotatable bonds is 4. The van der Waals surface area contributed by atoms with E-state index in [2.05, 4.69) is 15.1 Å². The number of benzene rings is 1. The van der Waals surface area contributed by atoms with Crippen LogP contribution in [0.5, 0.6) is 0 Å². The van der Waals surface area contributed by atoms with Crippen LogP contribution in [0.15, 0.2) is 53.8 Å². The molecule has 10 nitrogen and oxygen atoms in total. The monoisotopic (exact) mass is 477 g/mol. The molecule has 5 aromatic rings. The number of hydrogen-bond acceptors (Lipinski definition) is 6. The standard InChI is InChI=1S/C23H23N7O3S/c1-14-21(13-27(2)26-14)30-22-18-9-15(6-7-19(18)25-12-20(22)28(3)23(30)31)16-8-17(11-24-10-16)29(4)34(5,32)33/h6-13H,1-5H3. The van der Waals surface area contributed by atoms with Gasteiger partial charge in [0.25, 0.3) is 0 Å². The molecule has 34 heavy (non-hydrogen) atoms. The third kappa shape index (κ3) is 3.36. The highest BCUT2D eigenvalue weighted by atomic mass is 32.2. The molecule has 0 radical (unpaired) electrons. The number of imidazole rings is 1. The fourth-order valence-corrected chi connectivity index (χ4v) is 4.64. The lowest BCUT2D eigenvalue weighted by atomic mass is 10.0. The summed E-state index contributed by atoms with van der Waals surface area (Å²) in [6.45, 7) is 1.87. The number of hydrogen-bond donors (Lipinski definition) is 0. The molecule has 0 aliphatic carbocycles. The topological polar surface area (TPSA) is 108 Å². The molecule has 0 saturated heterocycles. The summed E-state index contributed by atoms with van der Waals surface area (Å²) in [6.07, 6.45) is 7.85.